The number of aldehydes is 1. The fourth-order valence-electron chi connectivity index (χ4n) is 0. The van der Waals surface area contributed by atoms with E-state index in [4.69, 9.17) is 0 Å². The summed E-state index contributed by atoms with van der Waals surface area (Å²) < 4.78 is 62.6. The number of rotatable bonds is 1. The van der Waals surface area contributed by atoms with Crippen molar-refractivity contribution in [2.24, 2.45) is 0 Å². The first kappa shape index (κ1) is 13.8. The number of alkyl halides is 6. The number of halogens is 6. The minimum absolute atomic E-state index is 0.639. The van der Waals surface area contributed by atoms with Gasteiger partial charge in [0.05, 0.1) is 0 Å². The maximum atomic E-state index is 10.4. The summed E-state index contributed by atoms with van der Waals surface area (Å²) in [6, 6.07) is 0. The van der Waals surface area contributed by atoms with E-state index in [0.29, 0.717) is 6.42 Å². The van der Waals surface area contributed by atoms with Crippen LogP contribution in [0.2, 0.25) is 0 Å². The maximum Gasteiger partial charge on any atom is 0.487 e. The molecule has 0 atom stereocenters. The SMILES string of the molecule is CCC=O.FC(F)(F)C(F)(F)F. The second-order valence-electron chi connectivity index (χ2n) is 1.57. The van der Waals surface area contributed by atoms with Gasteiger partial charge in [0.2, 0.25) is 0 Å². The summed E-state index contributed by atoms with van der Waals surface area (Å²) in [5.74, 6) is 0. The highest BCUT2D eigenvalue weighted by Gasteiger charge is 2.58. The van der Waals surface area contributed by atoms with Crippen LogP contribution in [-0.2, 0) is 4.79 Å². The predicted octanol–water partition coefficient (Wildman–Crippen LogP) is 2.71. The molecule has 12 heavy (non-hydrogen) atoms. The van der Waals surface area contributed by atoms with Gasteiger partial charge in [-0.15, -0.1) is 0 Å². The van der Waals surface area contributed by atoms with Crippen molar-refractivity contribution in [1.29, 1.82) is 0 Å². The molecule has 0 N–H and O–H groups in total. The Balaban J connectivity index is 0. The molecule has 0 aliphatic carbocycles. The van der Waals surface area contributed by atoms with Crippen LogP contribution in [-0.4, -0.2) is 18.6 Å². The summed E-state index contributed by atoms with van der Waals surface area (Å²) in [6.45, 7) is 1.81. The zero-order chi connectivity index (χ0) is 10.4. The van der Waals surface area contributed by atoms with Crippen LogP contribution < -0.4 is 0 Å². The Morgan fingerprint density at radius 2 is 1.17 bits per heavy atom. The van der Waals surface area contributed by atoms with Gasteiger partial charge >= 0.3 is 12.4 Å². The highest BCUT2D eigenvalue weighted by atomic mass is 19.5. The summed E-state index contributed by atoms with van der Waals surface area (Å²) in [7, 11) is 0. The van der Waals surface area contributed by atoms with Crippen LogP contribution in [0.1, 0.15) is 13.3 Å². The van der Waals surface area contributed by atoms with E-state index >= 15 is 0 Å². The lowest BCUT2D eigenvalue weighted by atomic mass is 10.6. The minimum atomic E-state index is -6.06. The van der Waals surface area contributed by atoms with Crippen molar-refractivity contribution in [2.45, 2.75) is 25.7 Å². The zero-order valence-corrected chi connectivity index (χ0v) is 5.96. The highest BCUT2D eigenvalue weighted by Crippen LogP contribution is 2.35. The van der Waals surface area contributed by atoms with Crippen LogP contribution in [0.25, 0.3) is 0 Å². The van der Waals surface area contributed by atoms with E-state index < -0.39 is 12.4 Å². The van der Waals surface area contributed by atoms with Gasteiger partial charge < -0.3 is 4.79 Å². The van der Waals surface area contributed by atoms with Crippen molar-refractivity contribution in [2.75, 3.05) is 0 Å². The molecule has 7 heteroatoms. The van der Waals surface area contributed by atoms with Crippen LogP contribution in [0.3, 0.4) is 0 Å². The monoisotopic (exact) mass is 196 g/mol. The number of carbonyl (C=O) groups is 1. The van der Waals surface area contributed by atoms with Crippen molar-refractivity contribution < 1.29 is 31.1 Å². The first-order valence-corrected chi connectivity index (χ1v) is 2.73. The van der Waals surface area contributed by atoms with E-state index in [-0.39, 0.29) is 0 Å². The minimum Gasteiger partial charge on any atom is -0.303 e. The molecule has 0 saturated carbocycles. The van der Waals surface area contributed by atoms with Gasteiger partial charge in [-0.2, -0.15) is 26.3 Å². The normalized spacial score (nSPS) is 11.6. The van der Waals surface area contributed by atoms with Gasteiger partial charge in [-0.1, -0.05) is 6.92 Å². The molecule has 0 aromatic carbocycles. The Bertz CT molecular complexity index is 111. The summed E-state index contributed by atoms with van der Waals surface area (Å²) in [5.41, 5.74) is 0. The molecule has 0 spiro atoms. The molecule has 0 unspecified atom stereocenters. The highest BCUT2D eigenvalue weighted by molar-refractivity contribution is 5.48. The van der Waals surface area contributed by atoms with Crippen LogP contribution in [0, 0.1) is 0 Å². The fraction of sp³-hybridized carbons (Fsp3) is 0.800. The largest absolute Gasteiger partial charge is 0.487 e. The Hall–Kier alpha value is -0.750. The molecule has 0 rings (SSSR count). The van der Waals surface area contributed by atoms with Crippen LogP contribution in [0.5, 0.6) is 0 Å². The number of hydrogen-bond donors (Lipinski definition) is 0. The molecule has 0 saturated heterocycles. The third-order valence-electron chi connectivity index (χ3n) is 0.488. The van der Waals surface area contributed by atoms with Crippen molar-refractivity contribution in [3.05, 3.63) is 0 Å². The van der Waals surface area contributed by atoms with Crippen molar-refractivity contribution in [1.82, 2.24) is 0 Å². The van der Waals surface area contributed by atoms with Gasteiger partial charge in [0.15, 0.2) is 0 Å². The molecule has 0 radical (unpaired) electrons. The molecule has 0 aromatic rings. The molecule has 1 nitrogen and oxygen atoms in total. The van der Waals surface area contributed by atoms with Gasteiger partial charge in [-0.25, -0.2) is 0 Å². The maximum absolute atomic E-state index is 10.4. The predicted molar refractivity (Wildman–Crippen MR) is 28.5 cm³/mol. The van der Waals surface area contributed by atoms with Crippen LogP contribution >= 0.6 is 0 Å². The van der Waals surface area contributed by atoms with E-state index in [1.54, 1.807) is 0 Å². The lowest BCUT2D eigenvalue weighted by Gasteiger charge is -2.08. The molecule has 0 heterocycles. The lowest BCUT2D eigenvalue weighted by molar-refractivity contribution is -0.339. The zero-order valence-electron chi connectivity index (χ0n) is 5.96. The van der Waals surface area contributed by atoms with Gasteiger partial charge in [-0.05, 0) is 0 Å². The van der Waals surface area contributed by atoms with Gasteiger partial charge in [0.1, 0.15) is 6.29 Å². The molecule has 0 aromatic heterocycles. The smallest absolute Gasteiger partial charge is 0.303 e. The molecule has 0 bridgehead atoms. The number of carbonyl (C=O) groups excluding carboxylic acids is 1. The van der Waals surface area contributed by atoms with E-state index in [9.17, 15) is 31.1 Å². The van der Waals surface area contributed by atoms with Crippen LogP contribution in [0.4, 0.5) is 26.3 Å². The van der Waals surface area contributed by atoms with Gasteiger partial charge in [0, 0.05) is 6.42 Å². The molecule has 0 amide bonds. The Morgan fingerprint density at radius 1 is 1.00 bits per heavy atom. The molecule has 0 fully saturated rings. The lowest BCUT2D eigenvalue weighted by Crippen LogP contribution is -2.30. The fourth-order valence-corrected chi connectivity index (χ4v) is 0. The first-order chi connectivity index (χ1) is 5.16. The van der Waals surface area contributed by atoms with Crippen molar-refractivity contribution in [3.63, 3.8) is 0 Å². The quantitative estimate of drug-likeness (QED) is 0.465. The Morgan fingerprint density at radius 3 is 1.17 bits per heavy atom. The molecule has 0 aliphatic rings. The summed E-state index contributed by atoms with van der Waals surface area (Å²) in [5, 5.41) is 0. The van der Waals surface area contributed by atoms with E-state index in [1.807, 2.05) is 6.92 Å². The third kappa shape index (κ3) is 7.36. The molecule has 0 aliphatic heterocycles. The first-order valence-electron chi connectivity index (χ1n) is 2.73. The topological polar surface area (TPSA) is 17.1 Å². The van der Waals surface area contributed by atoms with Crippen molar-refractivity contribution in [3.8, 4) is 0 Å². The number of hydrogen-bond acceptors (Lipinski definition) is 1. The van der Waals surface area contributed by atoms with Crippen LogP contribution in [0.15, 0.2) is 0 Å². The Labute approximate surface area is 64.4 Å². The standard InChI is InChI=1S/C3H6O.C2F6/c1-2-3-4;3-1(4,5)2(6,7)8/h3H,2H2,1H3;. The third-order valence-corrected chi connectivity index (χ3v) is 0.488. The Kier molecular flexibility index (Phi) is 5.75. The van der Waals surface area contributed by atoms with Gasteiger partial charge in [-0.3, -0.25) is 0 Å². The summed E-state index contributed by atoms with van der Waals surface area (Å²) in [6.07, 6.45) is -10.6. The van der Waals surface area contributed by atoms with Crippen molar-refractivity contribution >= 4 is 6.29 Å². The van der Waals surface area contributed by atoms with Gasteiger partial charge in [0.25, 0.3) is 0 Å². The molecular weight excluding hydrogens is 190 g/mol. The summed E-state index contributed by atoms with van der Waals surface area (Å²) in [4.78, 5) is 9.17. The molecular formula is C5H6F6O. The second-order valence-corrected chi connectivity index (χ2v) is 1.57. The average Bonchev–Trinajstić information content (AvgIpc) is 1.84. The van der Waals surface area contributed by atoms with E-state index in [1.165, 1.54) is 0 Å². The second kappa shape index (κ2) is 5.00. The summed E-state index contributed by atoms with van der Waals surface area (Å²) >= 11 is 0. The van der Waals surface area contributed by atoms with E-state index in [0.717, 1.165) is 6.29 Å². The molecule has 74 valence electrons. The average molecular weight is 196 g/mol. The van der Waals surface area contributed by atoms with E-state index in [2.05, 4.69) is 0 Å².